The van der Waals surface area contributed by atoms with Gasteiger partial charge in [0.1, 0.15) is 5.82 Å². The molecule has 1 aliphatic rings. The molecule has 0 aliphatic carbocycles. The summed E-state index contributed by atoms with van der Waals surface area (Å²) >= 11 is 0. The average molecular weight is 362 g/mol. The zero-order valence-electron chi connectivity index (χ0n) is 14.9. The van der Waals surface area contributed by atoms with Gasteiger partial charge in [-0.3, -0.25) is 4.90 Å². The van der Waals surface area contributed by atoms with Crippen LogP contribution in [0.3, 0.4) is 0 Å². The molecule has 0 atom stereocenters. The summed E-state index contributed by atoms with van der Waals surface area (Å²) in [5, 5.41) is 0. The van der Waals surface area contributed by atoms with Crippen molar-refractivity contribution >= 4 is 10.0 Å². The molecule has 25 heavy (non-hydrogen) atoms. The Balaban J connectivity index is 1.56. The van der Waals surface area contributed by atoms with E-state index >= 15 is 0 Å². The summed E-state index contributed by atoms with van der Waals surface area (Å²) in [4.78, 5) is 6.93. The molecule has 1 fully saturated rings. The van der Waals surface area contributed by atoms with Crippen molar-refractivity contribution in [2.24, 2.45) is 0 Å². The fourth-order valence-electron chi connectivity index (χ4n) is 3.13. The lowest BCUT2D eigenvalue weighted by Gasteiger charge is -2.34. The van der Waals surface area contributed by atoms with E-state index in [9.17, 15) is 8.42 Å². The molecule has 6 nitrogen and oxygen atoms in total. The first-order chi connectivity index (χ1) is 12.0. The summed E-state index contributed by atoms with van der Waals surface area (Å²) in [6.45, 7) is 8.47. The highest BCUT2D eigenvalue weighted by atomic mass is 32.2. The smallest absolute Gasteiger partial charge is 0.243 e. The van der Waals surface area contributed by atoms with Crippen molar-refractivity contribution in [3.05, 3.63) is 48.0 Å². The lowest BCUT2D eigenvalue weighted by Crippen LogP contribution is -2.49. The van der Waals surface area contributed by atoms with Crippen LogP contribution in [0.2, 0.25) is 0 Å². The molecule has 7 heteroatoms. The number of sulfonamides is 1. The highest BCUT2D eigenvalue weighted by Crippen LogP contribution is 2.18. The predicted molar refractivity (Wildman–Crippen MR) is 98.0 cm³/mol. The van der Waals surface area contributed by atoms with E-state index in [0.717, 1.165) is 44.0 Å². The van der Waals surface area contributed by atoms with Crippen molar-refractivity contribution in [3.8, 4) is 0 Å². The highest BCUT2D eigenvalue weighted by Gasteiger charge is 2.28. The third-order valence-corrected chi connectivity index (χ3v) is 6.79. The fraction of sp³-hybridized carbons (Fsp3) is 0.500. The van der Waals surface area contributed by atoms with E-state index < -0.39 is 10.0 Å². The van der Waals surface area contributed by atoms with Crippen LogP contribution in [0, 0.1) is 6.92 Å². The van der Waals surface area contributed by atoms with Gasteiger partial charge in [-0.25, -0.2) is 13.4 Å². The number of hydrogen-bond donors (Lipinski definition) is 0. The lowest BCUT2D eigenvalue weighted by molar-refractivity contribution is 0.182. The number of piperazine rings is 1. The SMILES string of the molecule is CCc1ccc(S(=O)(=O)N2CCN(CCn3ccnc3C)CC2)cc1. The third-order valence-electron chi connectivity index (χ3n) is 4.88. The minimum absolute atomic E-state index is 0.396. The van der Waals surface area contributed by atoms with E-state index in [2.05, 4.69) is 21.4 Å². The van der Waals surface area contributed by atoms with Gasteiger partial charge >= 0.3 is 0 Å². The molecule has 3 rings (SSSR count). The van der Waals surface area contributed by atoms with Gasteiger partial charge in [0.2, 0.25) is 10.0 Å². The van der Waals surface area contributed by atoms with E-state index in [1.54, 1.807) is 16.4 Å². The molecule has 136 valence electrons. The number of aryl methyl sites for hydroxylation is 2. The molecule has 0 saturated carbocycles. The van der Waals surface area contributed by atoms with Gasteiger partial charge in [0, 0.05) is 51.7 Å². The molecule has 1 saturated heterocycles. The first-order valence-electron chi connectivity index (χ1n) is 8.80. The summed E-state index contributed by atoms with van der Waals surface area (Å²) in [5.41, 5.74) is 1.15. The van der Waals surface area contributed by atoms with E-state index in [0.29, 0.717) is 18.0 Å². The van der Waals surface area contributed by atoms with Gasteiger partial charge in [0.15, 0.2) is 0 Å². The molecule has 2 heterocycles. The molecule has 0 N–H and O–H groups in total. The van der Waals surface area contributed by atoms with Crippen LogP contribution in [-0.4, -0.2) is 59.9 Å². The molecule has 1 aromatic heterocycles. The Morgan fingerprint density at radius 1 is 1.04 bits per heavy atom. The van der Waals surface area contributed by atoms with Crippen molar-refractivity contribution in [2.75, 3.05) is 32.7 Å². The van der Waals surface area contributed by atoms with Crippen LogP contribution in [0.5, 0.6) is 0 Å². The Morgan fingerprint density at radius 2 is 1.72 bits per heavy atom. The Bertz CT molecular complexity index is 791. The summed E-state index contributed by atoms with van der Waals surface area (Å²) in [5.74, 6) is 1.01. The number of rotatable bonds is 6. The van der Waals surface area contributed by atoms with Crippen molar-refractivity contribution in [3.63, 3.8) is 0 Å². The fourth-order valence-corrected chi connectivity index (χ4v) is 4.55. The number of imidazole rings is 1. The van der Waals surface area contributed by atoms with E-state index in [-0.39, 0.29) is 0 Å². The second-order valence-corrected chi connectivity index (χ2v) is 8.35. The summed E-state index contributed by atoms with van der Waals surface area (Å²) in [7, 11) is -3.38. The topological polar surface area (TPSA) is 58.4 Å². The minimum Gasteiger partial charge on any atom is -0.334 e. The zero-order valence-corrected chi connectivity index (χ0v) is 15.7. The van der Waals surface area contributed by atoms with E-state index in [4.69, 9.17) is 0 Å². The van der Waals surface area contributed by atoms with E-state index in [1.165, 1.54) is 0 Å². The van der Waals surface area contributed by atoms with Crippen molar-refractivity contribution < 1.29 is 8.42 Å². The normalized spacial score (nSPS) is 17.0. The van der Waals surface area contributed by atoms with Gasteiger partial charge in [0.25, 0.3) is 0 Å². The Kier molecular flexibility index (Phi) is 5.56. The van der Waals surface area contributed by atoms with Gasteiger partial charge in [-0.05, 0) is 31.0 Å². The van der Waals surface area contributed by atoms with Gasteiger partial charge in [-0.1, -0.05) is 19.1 Å². The number of benzene rings is 1. The number of hydrogen-bond acceptors (Lipinski definition) is 4. The minimum atomic E-state index is -3.38. The molecular formula is C18H26N4O2S. The van der Waals surface area contributed by atoms with Gasteiger partial charge in [0.05, 0.1) is 4.90 Å². The highest BCUT2D eigenvalue weighted by molar-refractivity contribution is 7.89. The van der Waals surface area contributed by atoms with E-state index in [1.807, 2.05) is 31.5 Å². The third kappa shape index (κ3) is 4.11. The van der Waals surface area contributed by atoms with Crippen LogP contribution < -0.4 is 0 Å². The van der Waals surface area contributed by atoms with Crippen LogP contribution in [-0.2, 0) is 23.0 Å². The van der Waals surface area contributed by atoms with Crippen LogP contribution in [0.15, 0.2) is 41.6 Å². The molecule has 2 aromatic rings. The van der Waals surface area contributed by atoms with Crippen LogP contribution in [0.1, 0.15) is 18.3 Å². The molecular weight excluding hydrogens is 336 g/mol. The molecule has 0 bridgehead atoms. The largest absolute Gasteiger partial charge is 0.334 e. The summed E-state index contributed by atoms with van der Waals surface area (Å²) < 4.78 is 29.3. The van der Waals surface area contributed by atoms with Crippen LogP contribution in [0.4, 0.5) is 0 Å². The second kappa shape index (κ2) is 7.68. The van der Waals surface area contributed by atoms with Crippen molar-refractivity contribution in [2.45, 2.75) is 31.7 Å². The molecule has 1 aromatic carbocycles. The Labute approximate surface area is 150 Å². The second-order valence-electron chi connectivity index (χ2n) is 6.41. The number of nitrogens with zero attached hydrogens (tertiary/aromatic N) is 4. The first kappa shape index (κ1) is 18.1. The molecule has 0 spiro atoms. The maximum Gasteiger partial charge on any atom is 0.243 e. The lowest BCUT2D eigenvalue weighted by atomic mass is 10.2. The molecule has 0 unspecified atom stereocenters. The Hall–Kier alpha value is -1.70. The zero-order chi connectivity index (χ0) is 17.9. The standard InChI is InChI=1S/C18H26N4O2S/c1-3-17-4-6-18(7-5-17)25(23,24)22-14-11-20(12-15-22)10-13-21-9-8-19-16(21)2/h4-9H,3,10-15H2,1-2H3. The summed E-state index contributed by atoms with van der Waals surface area (Å²) in [6, 6.07) is 7.25. The van der Waals surface area contributed by atoms with Crippen LogP contribution in [0.25, 0.3) is 0 Å². The maximum atomic E-state index is 12.8. The summed E-state index contributed by atoms with van der Waals surface area (Å²) in [6.07, 6.45) is 4.70. The maximum absolute atomic E-state index is 12.8. The predicted octanol–water partition coefficient (Wildman–Crippen LogP) is 1.76. The van der Waals surface area contributed by atoms with Crippen LogP contribution >= 0.6 is 0 Å². The quantitative estimate of drug-likeness (QED) is 0.786. The molecule has 0 radical (unpaired) electrons. The Morgan fingerprint density at radius 3 is 2.28 bits per heavy atom. The van der Waals surface area contributed by atoms with Gasteiger partial charge in [-0.15, -0.1) is 0 Å². The van der Waals surface area contributed by atoms with Gasteiger partial charge in [-0.2, -0.15) is 4.31 Å². The first-order valence-corrected chi connectivity index (χ1v) is 10.2. The molecule has 1 aliphatic heterocycles. The van der Waals surface area contributed by atoms with Gasteiger partial charge < -0.3 is 4.57 Å². The average Bonchev–Trinajstić information content (AvgIpc) is 3.05. The molecule has 0 amide bonds. The van der Waals surface area contributed by atoms with Crippen molar-refractivity contribution in [1.82, 2.24) is 18.8 Å². The number of aromatic nitrogens is 2. The monoisotopic (exact) mass is 362 g/mol. The van der Waals surface area contributed by atoms with Crippen molar-refractivity contribution in [1.29, 1.82) is 0 Å².